The first-order chi connectivity index (χ1) is 12.6. The fourth-order valence-corrected chi connectivity index (χ4v) is 5.15. The predicted molar refractivity (Wildman–Crippen MR) is 103 cm³/mol. The molecule has 3 nitrogen and oxygen atoms in total. The molecule has 1 aliphatic rings. The molecule has 0 saturated heterocycles. The fourth-order valence-electron chi connectivity index (χ4n) is 3.56. The van der Waals surface area contributed by atoms with Crippen molar-refractivity contribution >= 4 is 10.0 Å². The summed E-state index contributed by atoms with van der Waals surface area (Å²) in [5.41, 5.74) is 4.37. The SMILES string of the molecule is Cc1ccc(S(=O)(=O)N2Cc3ccccc3C[C@H]2c2ccccc2)cc1. The van der Waals surface area contributed by atoms with Crippen LogP contribution in [0.3, 0.4) is 0 Å². The molecule has 0 bridgehead atoms. The molecule has 0 fully saturated rings. The average Bonchev–Trinajstić information content (AvgIpc) is 2.68. The first-order valence-corrected chi connectivity index (χ1v) is 10.2. The zero-order chi connectivity index (χ0) is 18.1. The third-order valence-corrected chi connectivity index (χ3v) is 6.89. The van der Waals surface area contributed by atoms with Gasteiger partial charge in [-0.3, -0.25) is 0 Å². The molecule has 3 aromatic rings. The van der Waals surface area contributed by atoms with Gasteiger partial charge in [0.1, 0.15) is 0 Å². The van der Waals surface area contributed by atoms with E-state index in [0.717, 1.165) is 16.7 Å². The van der Waals surface area contributed by atoms with E-state index in [1.54, 1.807) is 16.4 Å². The summed E-state index contributed by atoms with van der Waals surface area (Å²) >= 11 is 0. The van der Waals surface area contributed by atoms with Crippen LogP contribution in [0.2, 0.25) is 0 Å². The largest absolute Gasteiger partial charge is 0.243 e. The van der Waals surface area contributed by atoms with Crippen molar-refractivity contribution in [3.8, 4) is 0 Å². The molecule has 26 heavy (non-hydrogen) atoms. The second-order valence-corrected chi connectivity index (χ2v) is 8.65. The number of nitrogens with zero attached hydrogens (tertiary/aromatic N) is 1. The van der Waals surface area contributed by atoms with Gasteiger partial charge < -0.3 is 0 Å². The second-order valence-electron chi connectivity index (χ2n) is 6.76. The molecule has 0 saturated carbocycles. The highest BCUT2D eigenvalue weighted by Gasteiger charge is 2.36. The minimum Gasteiger partial charge on any atom is -0.207 e. The van der Waals surface area contributed by atoms with Crippen LogP contribution in [0.1, 0.15) is 28.3 Å². The zero-order valence-electron chi connectivity index (χ0n) is 14.7. The minimum atomic E-state index is -3.59. The molecule has 4 rings (SSSR count). The van der Waals surface area contributed by atoms with E-state index in [1.165, 1.54) is 5.56 Å². The van der Waals surface area contributed by atoms with Gasteiger partial charge in [-0.15, -0.1) is 0 Å². The second kappa shape index (κ2) is 6.71. The highest BCUT2D eigenvalue weighted by Crippen LogP contribution is 2.37. The van der Waals surface area contributed by atoms with E-state index in [2.05, 4.69) is 6.07 Å². The maximum atomic E-state index is 13.4. The zero-order valence-corrected chi connectivity index (χ0v) is 15.5. The van der Waals surface area contributed by atoms with Crippen molar-refractivity contribution in [2.45, 2.75) is 30.8 Å². The van der Waals surface area contributed by atoms with Gasteiger partial charge in [-0.1, -0.05) is 72.3 Å². The monoisotopic (exact) mass is 363 g/mol. The van der Waals surface area contributed by atoms with Gasteiger partial charge >= 0.3 is 0 Å². The van der Waals surface area contributed by atoms with Gasteiger partial charge in [0.05, 0.1) is 10.9 Å². The normalized spacial score (nSPS) is 17.7. The van der Waals surface area contributed by atoms with E-state index in [4.69, 9.17) is 0 Å². The first kappa shape index (κ1) is 17.0. The third kappa shape index (κ3) is 3.06. The summed E-state index contributed by atoms with van der Waals surface area (Å²) < 4.78 is 28.5. The van der Waals surface area contributed by atoms with Crippen LogP contribution in [0.25, 0.3) is 0 Å². The molecule has 0 radical (unpaired) electrons. The Morgan fingerprint density at radius 3 is 2.12 bits per heavy atom. The lowest BCUT2D eigenvalue weighted by Crippen LogP contribution is -2.38. The number of fused-ring (bicyclic) bond motifs is 1. The Labute approximate surface area is 155 Å². The molecule has 0 N–H and O–H groups in total. The van der Waals surface area contributed by atoms with Crippen LogP contribution in [-0.2, 0) is 23.0 Å². The summed E-state index contributed by atoms with van der Waals surface area (Å²) in [7, 11) is -3.59. The number of benzene rings is 3. The molecule has 1 heterocycles. The molecule has 132 valence electrons. The Balaban J connectivity index is 1.82. The smallest absolute Gasteiger partial charge is 0.207 e. The van der Waals surface area contributed by atoms with E-state index in [1.807, 2.05) is 67.6 Å². The van der Waals surface area contributed by atoms with Crippen LogP contribution >= 0.6 is 0 Å². The van der Waals surface area contributed by atoms with Crippen molar-refractivity contribution in [3.63, 3.8) is 0 Å². The molecule has 3 aromatic carbocycles. The van der Waals surface area contributed by atoms with Crippen molar-refractivity contribution < 1.29 is 8.42 Å². The van der Waals surface area contributed by atoms with Crippen molar-refractivity contribution in [2.75, 3.05) is 0 Å². The maximum absolute atomic E-state index is 13.4. The summed E-state index contributed by atoms with van der Waals surface area (Å²) in [6, 6.07) is 24.9. The number of hydrogen-bond donors (Lipinski definition) is 0. The third-order valence-electron chi connectivity index (χ3n) is 5.02. The van der Waals surface area contributed by atoms with Gasteiger partial charge in [0.25, 0.3) is 0 Å². The van der Waals surface area contributed by atoms with Gasteiger partial charge in [0, 0.05) is 6.54 Å². The molecule has 0 unspecified atom stereocenters. The molecule has 0 spiro atoms. The number of rotatable bonds is 3. The minimum absolute atomic E-state index is 0.197. The number of hydrogen-bond acceptors (Lipinski definition) is 2. The number of aryl methyl sites for hydroxylation is 1. The summed E-state index contributed by atoms with van der Waals surface area (Å²) in [6.07, 6.45) is 0.686. The van der Waals surface area contributed by atoms with Gasteiger partial charge in [-0.05, 0) is 42.2 Å². The topological polar surface area (TPSA) is 37.4 Å². The summed E-state index contributed by atoms with van der Waals surface area (Å²) in [4.78, 5) is 0.350. The van der Waals surface area contributed by atoms with Gasteiger partial charge in [-0.2, -0.15) is 4.31 Å². The Morgan fingerprint density at radius 1 is 0.808 bits per heavy atom. The summed E-state index contributed by atoms with van der Waals surface area (Å²) in [6.45, 7) is 2.35. The van der Waals surface area contributed by atoms with Crippen LogP contribution in [0.5, 0.6) is 0 Å². The standard InChI is InChI=1S/C22H21NO2S/c1-17-11-13-21(14-12-17)26(24,25)23-16-20-10-6-5-9-19(20)15-22(23)18-7-3-2-4-8-18/h2-14,22H,15-16H2,1H3/t22-/m0/s1. The highest BCUT2D eigenvalue weighted by molar-refractivity contribution is 7.89. The fraction of sp³-hybridized carbons (Fsp3) is 0.182. The quantitative estimate of drug-likeness (QED) is 0.688. The highest BCUT2D eigenvalue weighted by atomic mass is 32.2. The molecular formula is C22H21NO2S. The van der Waals surface area contributed by atoms with Gasteiger partial charge in [0.2, 0.25) is 10.0 Å². The Hall–Kier alpha value is -2.43. The molecular weight excluding hydrogens is 342 g/mol. The lowest BCUT2D eigenvalue weighted by Gasteiger charge is -2.36. The molecule has 0 aliphatic carbocycles. The number of sulfonamides is 1. The Bertz CT molecular complexity index is 1010. The lowest BCUT2D eigenvalue weighted by atomic mass is 9.92. The molecule has 0 aromatic heterocycles. The van der Waals surface area contributed by atoms with Gasteiger partial charge in [-0.25, -0.2) is 8.42 Å². The maximum Gasteiger partial charge on any atom is 0.243 e. The van der Waals surface area contributed by atoms with Crippen molar-refractivity contribution in [1.82, 2.24) is 4.31 Å². The van der Waals surface area contributed by atoms with Gasteiger partial charge in [0.15, 0.2) is 0 Å². The van der Waals surface area contributed by atoms with E-state index in [-0.39, 0.29) is 6.04 Å². The van der Waals surface area contributed by atoms with Crippen molar-refractivity contribution in [1.29, 1.82) is 0 Å². The Kier molecular flexibility index (Phi) is 4.39. The van der Waals surface area contributed by atoms with Crippen LogP contribution < -0.4 is 0 Å². The summed E-state index contributed by atoms with van der Waals surface area (Å²) in [5.74, 6) is 0. The van der Waals surface area contributed by atoms with Crippen LogP contribution in [0.4, 0.5) is 0 Å². The van der Waals surface area contributed by atoms with E-state index < -0.39 is 10.0 Å². The predicted octanol–water partition coefficient (Wildman–Crippen LogP) is 4.48. The molecule has 1 aliphatic heterocycles. The Morgan fingerprint density at radius 2 is 1.42 bits per heavy atom. The summed E-state index contributed by atoms with van der Waals surface area (Å²) in [5, 5.41) is 0. The van der Waals surface area contributed by atoms with Crippen molar-refractivity contribution in [3.05, 3.63) is 101 Å². The molecule has 4 heteroatoms. The molecule has 1 atom stereocenters. The van der Waals surface area contributed by atoms with Crippen LogP contribution in [-0.4, -0.2) is 12.7 Å². The first-order valence-electron chi connectivity index (χ1n) is 8.76. The van der Waals surface area contributed by atoms with Crippen molar-refractivity contribution in [2.24, 2.45) is 0 Å². The lowest BCUT2D eigenvalue weighted by molar-refractivity contribution is 0.296. The van der Waals surface area contributed by atoms with E-state index in [0.29, 0.717) is 17.9 Å². The van der Waals surface area contributed by atoms with Crippen LogP contribution in [0, 0.1) is 6.92 Å². The molecule has 0 amide bonds. The van der Waals surface area contributed by atoms with E-state index in [9.17, 15) is 8.42 Å². The van der Waals surface area contributed by atoms with Crippen LogP contribution in [0.15, 0.2) is 83.8 Å². The van der Waals surface area contributed by atoms with E-state index >= 15 is 0 Å². The average molecular weight is 363 g/mol.